The Kier molecular flexibility index (Phi) is 8.27. The second kappa shape index (κ2) is 11.2. The molecule has 0 heterocycles. The van der Waals surface area contributed by atoms with Crippen LogP contribution in [-0.2, 0) is 16.4 Å². The Labute approximate surface area is 217 Å². The van der Waals surface area contributed by atoms with Gasteiger partial charge in [0.2, 0.25) is 10.0 Å². The summed E-state index contributed by atoms with van der Waals surface area (Å²) in [5, 5.41) is 13.0. The van der Waals surface area contributed by atoms with Crippen molar-refractivity contribution in [2.45, 2.75) is 25.7 Å². The zero-order valence-electron chi connectivity index (χ0n) is 19.6. The van der Waals surface area contributed by atoms with Crippen LogP contribution in [0.1, 0.15) is 34.5 Å². The molecule has 0 saturated heterocycles. The molecule has 190 valence electrons. The molecule has 0 saturated carbocycles. The lowest BCUT2D eigenvalue weighted by molar-refractivity contribution is 0.0992. The highest BCUT2D eigenvalue weighted by atomic mass is 32.2. The van der Waals surface area contributed by atoms with Crippen LogP contribution in [0.4, 0.5) is 0 Å². The van der Waals surface area contributed by atoms with Crippen LogP contribution in [0.25, 0.3) is 11.1 Å². The van der Waals surface area contributed by atoms with Crippen LogP contribution in [0.5, 0.6) is 11.5 Å². The number of ketones is 1. The quantitative estimate of drug-likeness (QED) is 0.163. The van der Waals surface area contributed by atoms with Crippen molar-refractivity contribution in [3.63, 3.8) is 0 Å². The van der Waals surface area contributed by atoms with Crippen molar-refractivity contribution in [3.8, 4) is 22.6 Å². The van der Waals surface area contributed by atoms with Gasteiger partial charge in [-0.3, -0.25) is 10.2 Å². The molecule has 0 spiro atoms. The van der Waals surface area contributed by atoms with Crippen molar-refractivity contribution in [3.05, 3.63) is 113 Å². The Bertz CT molecular complexity index is 1560. The number of sulfonamides is 1. The Morgan fingerprint density at radius 3 is 2.27 bits per heavy atom. The number of primary sulfonamides is 1. The molecule has 0 aliphatic carbocycles. The number of Topliss-reactive ketones (excluding diaryl/α,β-unsaturated/α-hetero) is 1. The monoisotopic (exact) mass is 515 g/mol. The molecule has 4 aromatic carbocycles. The number of ether oxygens (including phenoxy) is 1. The van der Waals surface area contributed by atoms with Crippen LogP contribution in [-0.4, -0.2) is 20.0 Å². The maximum absolute atomic E-state index is 13.1. The lowest BCUT2D eigenvalue weighted by Crippen LogP contribution is -2.13. The van der Waals surface area contributed by atoms with Crippen LogP contribution >= 0.6 is 0 Å². The molecule has 0 bridgehead atoms. The molecular weight excluding hydrogens is 486 g/mol. The van der Waals surface area contributed by atoms with Crippen molar-refractivity contribution in [2.24, 2.45) is 10.9 Å². The van der Waals surface area contributed by atoms with Gasteiger partial charge in [0.25, 0.3) is 0 Å². The van der Waals surface area contributed by atoms with E-state index in [4.69, 9.17) is 21.0 Å². The molecule has 5 N–H and O–H groups in total. The summed E-state index contributed by atoms with van der Waals surface area (Å²) < 4.78 is 29.9. The molecule has 0 aliphatic heterocycles. The number of nitrogen functional groups attached to an aromatic ring is 1. The number of nitrogens with one attached hydrogen (secondary N) is 1. The molecule has 4 rings (SSSR count). The minimum Gasteiger partial charge on any atom is -0.457 e. The van der Waals surface area contributed by atoms with E-state index in [-0.39, 0.29) is 30.4 Å². The van der Waals surface area contributed by atoms with Gasteiger partial charge >= 0.3 is 0 Å². The summed E-state index contributed by atoms with van der Waals surface area (Å²) >= 11 is 0. The van der Waals surface area contributed by atoms with E-state index >= 15 is 0 Å². The lowest BCUT2D eigenvalue weighted by Gasteiger charge is -2.13. The highest BCUT2D eigenvalue weighted by Crippen LogP contribution is 2.30. The van der Waals surface area contributed by atoms with E-state index in [1.54, 1.807) is 66.7 Å². The number of aryl methyl sites for hydroxylation is 1. The molecule has 0 unspecified atom stereocenters. The number of hydrogen-bond acceptors (Lipinski definition) is 5. The number of amidine groups is 1. The van der Waals surface area contributed by atoms with Crippen molar-refractivity contribution in [2.75, 3.05) is 0 Å². The largest absolute Gasteiger partial charge is 0.457 e. The van der Waals surface area contributed by atoms with Crippen LogP contribution in [0.3, 0.4) is 0 Å². The second-order valence-electron chi connectivity index (χ2n) is 8.37. The van der Waals surface area contributed by atoms with Gasteiger partial charge in [0.15, 0.2) is 5.78 Å². The third-order valence-electron chi connectivity index (χ3n) is 5.66. The Morgan fingerprint density at radius 2 is 1.59 bits per heavy atom. The van der Waals surface area contributed by atoms with Gasteiger partial charge in [-0.2, -0.15) is 0 Å². The highest BCUT2D eigenvalue weighted by molar-refractivity contribution is 7.89. The number of carbonyl (C=O) groups is 1. The Morgan fingerprint density at radius 1 is 0.892 bits per heavy atom. The molecule has 4 aromatic rings. The first-order valence-electron chi connectivity index (χ1n) is 11.1. The number of benzene rings is 4. The molecule has 0 fully saturated rings. The van der Waals surface area contributed by atoms with E-state index in [0.29, 0.717) is 39.3 Å². The van der Waals surface area contributed by atoms with E-state index in [1.807, 2.05) is 25.1 Å². The lowest BCUT2D eigenvalue weighted by atomic mass is 9.98. The molecule has 7 nitrogen and oxygen atoms in total. The van der Waals surface area contributed by atoms with Crippen molar-refractivity contribution >= 4 is 21.6 Å². The first-order valence-corrected chi connectivity index (χ1v) is 12.6. The van der Waals surface area contributed by atoms with Crippen molar-refractivity contribution in [1.82, 2.24) is 0 Å². The molecule has 37 heavy (non-hydrogen) atoms. The molecular formula is C29H29N3O4S. The zero-order chi connectivity index (χ0) is 25.9. The first kappa shape index (κ1) is 27.3. The minimum absolute atomic E-state index is 0. The average molecular weight is 516 g/mol. The summed E-state index contributed by atoms with van der Waals surface area (Å²) in [4.78, 5) is 13.1. The predicted octanol–water partition coefficient (Wildman–Crippen LogP) is 5.45. The fourth-order valence-electron chi connectivity index (χ4n) is 3.82. The van der Waals surface area contributed by atoms with Gasteiger partial charge in [-0.15, -0.1) is 0 Å². The van der Waals surface area contributed by atoms with Gasteiger partial charge in [-0.1, -0.05) is 74.2 Å². The third-order valence-corrected chi connectivity index (χ3v) is 6.63. The summed E-state index contributed by atoms with van der Waals surface area (Å²) in [5.41, 5.74) is 9.41. The molecule has 8 heteroatoms. The smallest absolute Gasteiger partial charge is 0.238 e. The van der Waals surface area contributed by atoms with Crippen molar-refractivity contribution < 1.29 is 17.9 Å². The SMILES string of the molecule is C.Cc1ccc(CC(=O)c2ccc(-c3ccccc3S(N)(=O)=O)cc2)c(Oc2cccc(C(=N)N)c2)c1. The number of hydrogen-bond donors (Lipinski definition) is 3. The van der Waals surface area contributed by atoms with Gasteiger partial charge < -0.3 is 10.5 Å². The standard InChI is InChI=1S/C28H25N3O4S.CH4/c1-18-9-10-21(26(15-18)35-23-6-4-5-22(16-23)28(29)30)17-25(32)20-13-11-19(12-14-20)24-7-2-3-8-27(24)36(31,33)34;/h2-16H,17H2,1H3,(H3,29,30)(H2,31,33,34);1H4. The number of nitrogens with two attached hydrogens (primary N) is 2. The topological polar surface area (TPSA) is 136 Å². The van der Waals surface area contributed by atoms with Gasteiger partial charge in [0.1, 0.15) is 17.3 Å². The van der Waals surface area contributed by atoms with Gasteiger partial charge in [0, 0.05) is 28.7 Å². The predicted molar refractivity (Wildman–Crippen MR) is 147 cm³/mol. The molecule has 0 amide bonds. The van der Waals surface area contributed by atoms with Crippen LogP contribution < -0.4 is 15.6 Å². The number of carbonyl (C=O) groups excluding carboxylic acids is 1. The van der Waals surface area contributed by atoms with Gasteiger partial charge in [-0.05, 0) is 42.3 Å². The summed E-state index contributed by atoms with van der Waals surface area (Å²) in [5.74, 6) is 0.880. The summed E-state index contributed by atoms with van der Waals surface area (Å²) in [6.45, 7) is 1.93. The van der Waals surface area contributed by atoms with Crippen LogP contribution in [0.2, 0.25) is 0 Å². The van der Waals surface area contributed by atoms with Crippen LogP contribution in [0, 0.1) is 12.3 Å². The third kappa shape index (κ3) is 6.49. The van der Waals surface area contributed by atoms with Gasteiger partial charge in [0.05, 0.1) is 4.90 Å². The fourth-order valence-corrected chi connectivity index (χ4v) is 4.58. The van der Waals surface area contributed by atoms with E-state index in [1.165, 1.54) is 6.07 Å². The normalized spacial score (nSPS) is 10.9. The zero-order valence-corrected chi connectivity index (χ0v) is 20.4. The molecule has 0 radical (unpaired) electrons. The highest BCUT2D eigenvalue weighted by Gasteiger charge is 2.16. The van der Waals surface area contributed by atoms with E-state index in [0.717, 1.165) is 5.56 Å². The number of rotatable bonds is 8. The van der Waals surface area contributed by atoms with E-state index in [2.05, 4.69) is 0 Å². The molecule has 0 aromatic heterocycles. The van der Waals surface area contributed by atoms with Gasteiger partial charge in [-0.25, -0.2) is 13.6 Å². The van der Waals surface area contributed by atoms with E-state index < -0.39 is 10.0 Å². The molecule has 0 atom stereocenters. The molecule has 0 aliphatic rings. The summed E-state index contributed by atoms with van der Waals surface area (Å²) in [7, 11) is -3.89. The minimum atomic E-state index is -3.89. The van der Waals surface area contributed by atoms with E-state index in [9.17, 15) is 13.2 Å². The Balaban J connectivity index is 0.00000380. The second-order valence-corrected chi connectivity index (χ2v) is 9.90. The maximum Gasteiger partial charge on any atom is 0.238 e. The van der Waals surface area contributed by atoms with Crippen LogP contribution in [0.15, 0.2) is 95.9 Å². The first-order chi connectivity index (χ1) is 17.1. The fraction of sp³-hybridized carbons (Fsp3) is 0.103. The average Bonchev–Trinajstić information content (AvgIpc) is 2.85. The Hall–Kier alpha value is -4.27. The summed E-state index contributed by atoms with van der Waals surface area (Å²) in [6, 6.07) is 25.8. The maximum atomic E-state index is 13.1. The summed E-state index contributed by atoms with van der Waals surface area (Å²) in [6.07, 6.45) is 0.106. The van der Waals surface area contributed by atoms with Crippen molar-refractivity contribution in [1.29, 1.82) is 5.41 Å².